The highest BCUT2D eigenvalue weighted by Crippen LogP contribution is 2.23. The average Bonchev–Trinajstić information content (AvgIpc) is 3.39. The van der Waals surface area contributed by atoms with Gasteiger partial charge in [-0.2, -0.15) is 10.2 Å². The van der Waals surface area contributed by atoms with Crippen molar-refractivity contribution in [3.63, 3.8) is 0 Å². The van der Waals surface area contributed by atoms with E-state index in [-0.39, 0.29) is 5.91 Å². The molecule has 1 heterocycles. The molecule has 0 aliphatic heterocycles. The van der Waals surface area contributed by atoms with Crippen molar-refractivity contribution in [3.8, 4) is 17.0 Å². The molecule has 0 aliphatic carbocycles. The predicted octanol–water partition coefficient (Wildman–Crippen LogP) is 5.57. The molecule has 0 radical (unpaired) electrons. The number of carbonyl (C=O) groups excluding carboxylic acids is 1. The zero-order valence-corrected chi connectivity index (χ0v) is 18.3. The summed E-state index contributed by atoms with van der Waals surface area (Å²) in [7, 11) is 0. The zero-order chi connectivity index (χ0) is 23.2. The maximum Gasteiger partial charge on any atom is 0.289 e. The number of rotatable bonds is 7. The number of fused-ring (bicyclic) bond motifs is 1. The van der Waals surface area contributed by atoms with Crippen LogP contribution in [-0.4, -0.2) is 22.3 Å². The van der Waals surface area contributed by atoms with Crippen LogP contribution in [0.3, 0.4) is 0 Å². The van der Waals surface area contributed by atoms with Gasteiger partial charge in [0.1, 0.15) is 18.1 Å². The number of benzene rings is 4. The summed E-state index contributed by atoms with van der Waals surface area (Å²) in [4.78, 5) is 12.5. The van der Waals surface area contributed by atoms with Crippen molar-refractivity contribution in [1.29, 1.82) is 0 Å². The van der Waals surface area contributed by atoms with Gasteiger partial charge in [0, 0.05) is 11.1 Å². The third kappa shape index (κ3) is 4.86. The molecule has 34 heavy (non-hydrogen) atoms. The molecule has 1 aromatic heterocycles. The molecular weight excluding hydrogens is 424 g/mol. The van der Waals surface area contributed by atoms with Crippen LogP contribution in [0.4, 0.5) is 0 Å². The number of aromatic amines is 1. The van der Waals surface area contributed by atoms with Gasteiger partial charge in [-0.05, 0) is 34.5 Å². The molecule has 0 saturated heterocycles. The summed E-state index contributed by atoms with van der Waals surface area (Å²) in [5.74, 6) is 0.363. The smallest absolute Gasteiger partial charge is 0.289 e. The summed E-state index contributed by atoms with van der Waals surface area (Å²) >= 11 is 0. The summed E-state index contributed by atoms with van der Waals surface area (Å²) in [6.45, 7) is 0.479. The Bertz CT molecular complexity index is 1450. The van der Waals surface area contributed by atoms with E-state index in [1.165, 1.54) is 0 Å². The number of nitrogens with one attached hydrogen (secondary N) is 2. The Morgan fingerprint density at radius 3 is 2.62 bits per heavy atom. The van der Waals surface area contributed by atoms with Gasteiger partial charge in [0.15, 0.2) is 0 Å². The third-order valence-corrected chi connectivity index (χ3v) is 5.39. The van der Waals surface area contributed by atoms with Crippen LogP contribution in [0.5, 0.6) is 5.75 Å². The minimum atomic E-state index is -0.369. The van der Waals surface area contributed by atoms with Gasteiger partial charge in [0.05, 0.1) is 11.9 Å². The van der Waals surface area contributed by atoms with Crippen LogP contribution >= 0.6 is 0 Å². The fourth-order valence-electron chi connectivity index (χ4n) is 3.66. The summed E-state index contributed by atoms with van der Waals surface area (Å²) in [6.07, 6.45) is 1.64. The molecule has 0 saturated carbocycles. The van der Waals surface area contributed by atoms with Crippen molar-refractivity contribution in [2.75, 3.05) is 0 Å². The van der Waals surface area contributed by atoms with Gasteiger partial charge in [0.2, 0.25) is 0 Å². The number of hydrogen-bond acceptors (Lipinski definition) is 4. The minimum absolute atomic E-state index is 0.320. The Hall–Kier alpha value is -4.71. The van der Waals surface area contributed by atoms with Gasteiger partial charge >= 0.3 is 0 Å². The molecule has 1 amide bonds. The second kappa shape index (κ2) is 9.83. The first kappa shape index (κ1) is 21.2. The number of ether oxygens (including phenoxy) is 1. The van der Waals surface area contributed by atoms with E-state index in [2.05, 4.69) is 20.7 Å². The van der Waals surface area contributed by atoms with E-state index in [0.29, 0.717) is 18.0 Å². The summed E-state index contributed by atoms with van der Waals surface area (Å²) in [5, 5.41) is 13.4. The van der Waals surface area contributed by atoms with Crippen LogP contribution in [0.1, 0.15) is 21.6 Å². The molecular formula is C28H22N4O2. The highest BCUT2D eigenvalue weighted by Gasteiger charge is 2.11. The zero-order valence-electron chi connectivity index (χ0n) is 18.3. The van der Waals surface area contributed by atoms with Gasteiger partial charge < -0.3 is 4.74 Å². The topological polar surface area (TPSA) is 79.4 Å². The summed E-state index contributed by atoms with van der Waals surface area (Å²) in [6, 6.07) is 33.3. The quantitative estimate of drug-likeness (QED) is 0.253. The monoisotopic (exact) mass is 446 g/mol. The Morgan fingerprint density at radius 2 is 1.71 bits per heavy atom. The van der Waals surface area contributed by atoms with Gasteiger partial charge in [0.25, 0.3) is 5.91 Å². The normalized spacial score (nSPS) is 11.1. The van der Waals surface area contributed by atoms with Crippen molar-refractivity contribution >= 4 is 22.9 Å². The van der Waals surface area contributed by atoms with Crippen molar-refractivity contribution in [3.05, 3.63) is 120 Å². The number of aromatic nitrogens is 2. The Kier molecular flexibility index (Phi) is 6.12. The number of H-pyrrole nitrogens is 1. The second-order valence-electron chi connectivity index (χ2n) is 7.74. The van der Waals surface area contributed by atoms with E-state index < -0.39 is 0 Å². The molecule has 6 heteroatoms. The molecule has 5 aromatic rings. The molecule has 2 N–H and O–H groups in total. The maximum absolute atomic E-state index is 12.5. The Morgan fingerprint density at radius 1 is 0.912 bits per heavy atom. The lowest BCUT2D eigenvalue weighted by Gasteiger charge is -2.07. The van der Waals surface area contributed by atoms with E-state index in [9.17, 15) is 4.79 Å². The Labute approximate surface area is 196 Å². The fourth-order valence-corrected chi connectivity index (χ4v) is 3.66. The van der Waals surface area contributed by atoms with Gasteiger partial charge in [-0.25, -0.2) is 5.43 Å². The lowest BCUT2D eigenvalue weighted by molar-refractivity contribution is 0.0950. The van der Waals surface area contributed by atoms with Gasteiger partial charge in [-0.1, -0.05) is 84.9 Å². The van der Waals surface area contributed by atoms with Crippen molar-refractivity contribution in [2.45, 2.75) is 6.61 Å². The number of amides is 1. The van der Waals surface area contributed by atoms with E-state index in [1.807, 2.05) is 97.1 Å². The van der Waals surface area contributed by atoms with E-state index in [0.717, 1.165) is 33.2 Å². The molecule has 4 aromatic carbocycles. The Balaban J connectivity index is 1.24. The van der Waals surface area contributed by atoms with Crippen LogP contribution in [0, 0.1) is 0 Å². The van der Waals surface area contributed by atoms with Crippen molar-refractivity contribution in [2.24, 2.45) is 5.10 Å². The first-order valence-electron chi connectivity index (χ1n) is 10.9. The molecule has 166 valence electrons. The molecule has 0 fully saturated rings. The SMILES string of the molecule is O=C(N/N=C/c1cccc2ccccc12)c1cc(-c2cccc(OCc3ccccc3)c2)n[nH]1. The van der Waals surface area contributed by atoms with Gasteiger partial charge in [-0.3, -0.25) is 9.89 Å². The van der Waals surface area contributed by atoms with Gasteiger partial charge in [-0.15, -0.1) is 0 Å². The maximum atomic E-state index is 12.5. The van der Waals surface area contributed by atoms with Crippen LogP contribution in [-0.2, 0) is 6.61 Å². The first-order chi connectivity index (χ1) is 16.8. The second-order valence-corrected chi connectivity index (χ2v) is 7.74. The summed E-state index contributed by atoms with van der Waals surface area (Å²) in [5.41, 5.74) is 6.40. The predicted molar refractivity (Wildman–Crippen MR) is 134 cm³/mol. The standard InChI is InChI=1S/C28H22N4O2/c33-28(32-29-18-23-13-6-11-21-10-4-5-15-25(21)23)27-17-26(30-31-27)22-12-7-14-24(16-22)34-19-20-8-2-1-3-9-20/h1-18H,19H2,(H,30,31)(H,32,33)/b29-18+. The molecule has 6 nitrogen and oxygen atoms in total. The van der Waals surface area contributed by atoms with Crippen LogP contribution in [0.15, 0.2) is 108 Å². The molecule has 0 spiro atoms. The van der Waals surface area contributed by atoms with Crippen LogP contribution < -0.4 is 10.2 Å². The largest absolute Gasteiger partial charge is 0.489 e. The number of hydrogen-bond donors (Lipinski definition) is 2. The molecule has 0 unspecified atom stereocenters. The molecule has 0 aliphatic rings. The third-order valence-electron chi connectivity index (χ3n) is 5.39. The highest BCUT2D eigenvalue weighted by atomic mass is 16.5. The lowest BCUT2D eigenvalue weighted by Crippen LogP contribution is -2.18. The van der Waals surface area contributed by atoms with E-state index in [4.69, 9.17) is 4.74 Å². The van der Waals surface area contributed by atoms with Crippen molar-refractivity contribution in [1.82, 2.24) is 15.6 Å². The van der Waals surface area contributed by atoms with Crippen LogP contribution in [0.2, 0.25) is 0 Å². The van der Waals surface area contributed by atoms with E-state index >= 15 is 0 Å². The first-order valence-corrected chi connectivity index (χ1v) is 10.9. The molecule has 0 atom stereocenters. The van der Waals surface area contributed by atoms with E-state index in [1.54, 1.807) is 12.3 Å². The number of carbonyl (C=O) groups is 1. The van der Waals surface area contributed by atoms with Crippen LogP contribution in [0.25, 0.3) is 22.0 Å². The average molecular weight is 447 g/mol. The highest BCUT2D eigenvalue weighted by molar-refractivity contribution is 6.00. The molecule has 5 rings (SSSR count). The van der Waals surface area contributed by atoms with Crippen molar-refractivity contribution < 1.29 is 9.53 Å². The fraction of sp³-hybridized carbons (Fsp3) is 0.0357. The minimum Gasteiger partial charge on any atom is -0.489 e. The molecule has 0 bridgehead atoms. The number of nitrogens with zero attached hydrogens (tertiary/aromatic N) is 2. The number of hydrazone groups is 1. The lowest BCUT2D eigenvalue weighted by atomic mass is 10.1. The summed E-state index contributed by atoms with van der Waals surface area (Å²) < 4.78 is 5.90.